The van der Waals surface area contributed by atoms with Crippen LogP contribution in [0.2, 0.25) is 0 Å². The summed E-state index contributed by atoms with van der Waals surface area (Å²) >= 11 is 0. The molecule has 0 unspecified atom stereocenters. The van der Waals surface area contributed by atoms with E-state index in [0.717, 1.165) is 54.4 Å². The molecule has 8 rings (SSSR count). The Balaban J connectivity index is 0.979. The second-order valence-electron chi connectivity index (χ2n) is 22.7. The number of halogens is 2. The van der Waals surface area contributed by atoms with Gasteiger partial charge in [0.05, 0.1) is 0 Å². The maximum absolute atomic E-state index is 14.7. The summed E-state index contributed by atoms with van der Waals surface area (Å²) in [4.78, 5) is 92.3. The summed E-state index contributed by atoms with van der Waals surface area (Å²) in [5.41, 5.74) is 4.37. The van der Waals surface area contributed by atoms with Crippen LogP contribution in [-0.2, 0) is 41.5 Å². The number of amides is 5. The van der Waals surface area contributed by atoms with E-state index >= 15 is 0 Å². The van der Waals surface area contributed by atoms with Crippen LogP contribution in [0.5, 0.6) is 0 Å². The Kier molecular flexibility index (Phi) is 21.0. The van der Waals surface area contributed by atoms with Crippen molar-refractivity contribution >= 4 is 35.3 Å². The van der Waals surface area contributed by atoms with Crippen LogP contribution in [0.1, 0.15) is 124 Å². The molecule has 0 radical (unpaired) electrons. The Bertz CT molecular complexity index is 2670. The van der Waals surface area contributed by atoms with E-state index in [1.165, 1.54) is 24.3 Å². The van der Waals surface area contributed by atoms with E-state index in [2.05, 4.69) is 5.32 Å². The lowest BCUT2D eigenvalue weighted by Crippen LogP contribution is -2.56. The molecular formula is C64H81F2N5O8. The quantitative estimate of drug-likeness (QED) is 0.0774. The first-order valence-electron chi connectivity index (χ1n) is 29.0. The SMILES string of the molecule is CC[C@@H](C)C(=O)N[C@H](C(=O)N1CCC[C@H]1CN(CCc1ccc(F)cc1)C(=O)c1ccc(-c2ccc(C(=O)N(CCc3ccc(F)cc3)C[C@@H]3CCCN3C(=O)[C@@H](CC(=O)C(C)C)C3CCOCC3)cc2)cc1)C1CCOCC1. The molecule has 15 heteroatoms. The van der Waals surface area contributed by atoms with Crippen LogP contribution in [-0.4, -0.2) is 139 Å². The van der Waals surface area contributed by atoms with Gasteiger partial charge >= 0.3 is 0 Å². The number of ether oxygens (including phenoxy) is 2. The van der Waals surface area contributed by atoms with E-state index < -0.39 is 12.0 Å². The summed E-state index contributed by atoms with van der Waals surface area (Å²) in [6.07, 6.45) is 7.59. The molecule has 4 heterocycles. The van der Waals surface area contributed by atoms with Crippen molar-refractivity contribution in [1.29, 1.82) is 0 Å². The Morgan fingerprint density at radius 3 is 1.44 bits per heavy atom. The number of ketones is 1. The number of carbonyl (C=O) groups excluding carboxylic acids is 6. The Morgan fingerprint density at radius 1 is 0.582 bits per heavy atom. The summed E-state index contributed by atoms with van der Waals surface area (Å²) < 4.78 is 39.1. The van der Waals surface area contributed by atoms with Crippen molar-refractivity contribution in [3.63, 3.8) is 0 Å². The van der Waals surface area contributed by atoms with E-state index in [-0.39, 0.29) is 95.7 Å². The minimum atomic E-state index is -0.685. The molecule has 4 aromatic rings. The first-order chi connectivity index (χ1) is 38.2. The fourth-order valence-corrected chi connectivity index (χ4v) is 11.8. The van der Waals surface area contributed by atoms with Crippen molar-refractivity contribution in [2.45, 2.75) is 123 Å². The van der Waals surface area contributed by atoms with Crippen molar-refractivity contribution in [1.82, 2.24) is 24.9 Å². The molecule has 0 bridgehead atoms. The molecule has 4 aromatic carbocycles. The van der Waals surface area contributed by atoms with Gasteiger partial charge in [0.25, 0.3) is 11.8 Å². The predicted octanol–water partition coefficient (Wildman–Crippen LogP) is 9.60. The molecule has 5 amide bonds. The highest BCUT2D eigenvalue weighted by Gasteiger charge is 2.42. The lowest BCUT2D eigenvalue weighted by molar-refractivity contribution is -0.143. The third-order valence-corrected chi connectivity index (χ3v) is 17.1. The van der Waals surface area contributed by atoms with Gasteiger partial charge in [0, 0.05) is 113 Å². The zero-order valence-corrected chi connectivity index (χ0v) is 46.7. The number of hydrogen-bond donors (Lipinski definition) is 1. The lowest BCUT2D eigenvalue weighted by atomic mass is 9.80. The van der Waals surface area contributed by atoms with Crippen LogP contribution in [0.4, 0.5) is 8.78 Å². The summed E-state index contributed by atoms with van der Waals surface area (Å²) in [6, 6.07) is 26.1. The maximum atomic E-state index is 14.7. The predicted molar refractivity (Wildman–Crippen MR) is 300 cm³/mol. The molecule has 4 aliphatic rings. The van der Waals surface area contributed by atoms with Gasteiger partial charge in [-0.2, -0.15) is 0 Å². The zero-order chi connectivity index (χ0) is 56.0. The Morgan fingerprint density at radius 2 is 1.01 bits per heavy atom. The standard InChI is InChI=1S/C64H81F2N5O8/c1-5-44(4)60(73)67-59(50-30-38-79-39-31-50)64(77)71-33-7-9-56(71)42-69(35-27-46-12-24-54(66)25-13-46)62(75)52-20-16-48(17-21-52)47-14-18-51(19-15-47)61(74)68(34-26-45-10-22-53(65)23-11-45)41-55-8-6-32-70(55)63(76)57(40-58(72)43(2)3)49-28-36-78-37-29-49/h10-25,43-44,49-50,55-57,59H,5-9,26-42H2,1-4H3,(H,67,73)/t44-,55+,56+,57+,59+/m1/s1. The lowest BCUT2D eigenvalue weighted by Gasteiger charge is -2.37. The van der Waals surface area contributed by atoms with Crippen LogP contribution < -0.4 is 5.32 Å². The Hall–Kier alpha value is -6.32. The minimum absolute atomic E-state index is 0.0176. The van der Waals surface area contributed by atoms with Gasteiger partial charge in [-0.1, -0.05) is 76.2 Å². The fraction of sp³-hybridized carbons (Fsp3) is 0.531. The molecule has 13 nitrogen and oxygen atoms in total. The highest BCUT2D eigenvalue weighted by molar-refractivity contribution is 5.96. The first kappa shape index (κ1) is 58.8. The van der Waals surface area contributed by atoms with Crippen LogP contribution >= 0.6 is 0 Å². The number of rotatable bonds is 23. The van der Waals surface area contributed by atoms with Crippen LogP contribution in [0.15, 0.2) is 97.1 Å². The van der Waals surface area contributed by atoms with Crippen LogP contribution in [0.25, 0.3) is 11.1 Å². The molecule has 4 saturated heterocycles. The number of hydrogen-bond acceptors (Lipinski definition) is 8. The fourth-order valence-electron chi connectivity index (χ4n) is 11.8. The topological polar surface area (TPSA) is 146 Å². The van der Waals surface area contributed by atoms with Gasteiger partial charge in [-0.05, 0) is 153 Å². The summed E-state index contributed by atoms with van der Waals surface area (Å²) in [5.74, 6) is -2.14. The molecule has 424 valence electrons. The number of Topliss-reactive ketones (excluding diaryl/α,β-unsaturated/α-hetero) is 1. The number of likely N-dealkylation sites (tertiary alicyclic amines) is 2. The van der Waals surface area contributed by atoms with Gasteiger partial charge < -0.3 is 34.4 Å². The number of benzene rings is 4. The van der Waals surface area contributed by atoms with Gasteiger partial charge in [-0.3, -0.25) is 28.8 Å². The van der Waals surface area contributed by atoms with Gasteiger partial charge in [-0.15, -0.1) is 0 Å². The van der Waals surface area contributed by atoms with Gasteiger partial charge in [0.2, 0.25) is 17.7 Å². The third kappa shape index (κ3) is 15.5. The summed E-state index contributed by atoms with van der Waals surface area (Å²) in [6.45, 7) is 12.1. The van der Waals surface area contributed by atoms with Crippen molar-refractivity contribution in [2.75, 3.05) is 65.7 Å². The van der Waals surface area contributed by atoms with Crippen molar-refractivity contribution in [3.8, 4) is 11.1 Å². The molecule has 4 aliphatic heterocycles. The molecule has 1 N–H and O–H groups in total. The molecule has 0 spiro atoms. The average Bonchev–Trinajstić information content (AvgIpc) is 4.26. The summed E-state index contributed by atoms with van der Waals surface area (Å²) in [5, 5.41) is 3.12. The van der Waals surface area contributed by atoms with Gasteiger partial charge in [-0.25, -0.2) is 8.78 Å². The van der Waals surface area contributed by atoms with E-state index in [4.69, 9.17) is 9.47 Å². The molecular weight excluding hydrogens is 1000 g/mol. The molecule has 0 aliphatic carbocycles. The molecule has 4 fully saturated rings. The van der Waals surface area contributed by atoms with Gasteiger partial charge in [0.1, 0.15) is 23.5 Å². The second-order valence-corrected chi connectivity index (χ2v) is 22.7. The van der Waals surface area contributed by atoms with Crippen molar-refractivity contribution in [2.24, 2.45) is 29.6 Å². The molecule has 5 atom stereocenters. The van der Waals surface area contributed by atoms with E-state index in [0.29, 0.717) is 109 Å². The normalized spacial score (nSPS) is 19.2. The number of carbonyl (C=O) groups is 6. The smallest absolute Gasteiger partial charge is 0.253 e. The van der Waals surface area contributed by atoms with E-state index in [1.54, 1.807) is 58.3 Å². The molecule has 0 aromatic heterocycles. The monoisotopic (exact) mass is 1090 g/mol. The molecule has 0 saturated carbocycles. The minimum Gasteiger partial charge on any atom is -0.381 e. The molecule has 79 heavy (non-hydrogen) atoms. The number of nitrogens with zero attached hydrogens (tertiary/aromatic N) is 4. The maximum Gasteiger partial charge on any atom is 0.253 e. The average molecular weight is 1090 g/mol. The van der Waals surface area contributed by atoms with Crippen LogP contribution in [0.3, 0.4) is 0 Å². The highest BCUT2D eigenvalue weighted by atomic mass is 19.1. The third-order valence-electron chi connectivity index (χ3n) is 17.1. The second kappa shape index (κ2) is 28.2. The van der Waals surface area contributed by atoms with E-state index in [1.807, 2.05) is 61.8 Å². The van der Waals surface area contributed by atoms with Gasteiger partial charge in [0.15, 0.2) is 0 Å². The Labute approximate surface area is 465 Å². The summed E-state index contributed by atoms with van der Waals surface area (Å²) in [7, 11) is 0. The highest BCUT2D eigenvalue weighted by Crippen LogP contribution is 2.33. The first-order valence-corrected chi connectivity index (χ1v) is 29.0. The van der Waals surface area contributed by atoms with Crippen LogP contribution in [0, 0.1) is 41.2 Å². The van der Waals surface area contributed by atoms with Crippen molar-refractivity contribution < 1.29 is 47.0 Å². The number of nitrogens with one attached hydrogen (secondary N) is 1. The largest absolute Gasteiger partial charge is 0.381 e. The zero-order valence-electron chi connectivity index (χ0n) is 46.7. The van der Waals surface area contributed by atoms with E-state index in [9.17, 15) is 37.5 Å². The van der Waals surface area contributed by atoms with Crippen molar-refractivity contribution in [3.05, 3.63) is 131 Å².